The Morgan fingerprint density at radius 3 is 2.52 bits per heavy atom. The molecule has 0 fully saturated rings. The average molecular weight is 429 g/mol. The van der Waals surface area contributed by atoms with Crippen LogP contribution < -0.4 is 5.32 Å². The van der Waals surface area contributed by atoms with E-state index in [2.05, 4.69) is 10.5 Å². The van der Waals surface area contributed by atoms with Gasteiger partial charge in [0.25, 0.3) is 5.90 Å². The maximum absolute atomic E-state index is 12.8. The van der Waals surface area contributed by atoms with Crippen molar-refractivity contribution in [3.8, 4) is 0 Å². The van der Waals surface area contributed by atoms with Crippen LogP contribution in [0.15, 0.2) is 40.4 Å². The van der Waals surface area contributed by atoms with Crippen LogP contribution in [-0.2, 0) is 33.9 Å². The zero-order chi connectivity index (χ0) is 21.6. The second-order valence-electron chi connectivity index (χ2n) is 5.92. The van der Waals surface area contributed by atoms with E-state index in [9.17, 15) is 22.8 Å². The van der Waals surface area contributed by atoms with Gasteiger partial charge < -0.3 is 20.3 Å². The van der Waals surface area contributed by atoms with Gasteiger partial charge in [-0.15, -0.1) is 0 Å². The number of carbonyl (C=O) groups excluding carboxylic acids is 1. The predicted molar refractivity (Wildman–Crippen MR) is 96.1 cm³/mol. The standard InChI is InChI=1S/C16H19N3O9S/c1-19-15(29(25,26)10-5-3-2-4-6-10)14(18-28-19)27-8-7-12(20)17-11(16(23)24)9-13(21)22/h2-6,11,15H,7-9H2,1H3,(H,17,20)(H,21,22)(H,23,24)/t11-,15?/m0/s1. The molecule has 3 N–H and O–H groups in total. The van der Waals surface area contributed by atoms with Crippen LogP contribution in [0.1, 0.15) is 12.8 Å². The van der Waals surface area contributed by atoms with Gasteiger partial charge in [0.2, 0.25) is 21.1 Å². The number of carbonyl (C=O) groups is 3. The number of aliphatic carboxylic acids is 2. The molecule has 0 aliphatic carbocycles. The number of carboxylic acid groups (broad SMARTS) is 2. The quantitative estimate of drug-likeness (QED) is 0.461. The first-order chi connectivity index (χ1) is 13.6. The molecule has 2 atom stereocenters. The number of rotatable bonds is 9. The van der Waals surface area contributed by atoms with Gasteiger partial charge in [0.05, 0.1) is 24.3 Å². The van der Waals surface area contributed by atoms with Gasteiger partial charge in [-0.2, -0.15) is 0 Å². The third-order valence-corrected chi connectivity index (χ3v) is 5.77. The molecule has 1 aliphatic rings. The van der Waals surface area contributed by atoms with Crippen LogP contribution in [0.25, 0.3) is 0 Å². The lowest BCUT2D eigenvalue weighted by atomic mass is 10.2. The van der Waals surface area contributed by atoms with E-state index in [1.165, 1.54) is 19.2 Å². The minimum Gasteiger partial charge on any atom is -0.481 e. The van der Waals surface area contributed by atoms with Crippen LogP contribution in [0.2, 0.25) is 0 Å². The smallest absolute Gasteiger partial charge is 0.326 e. The second kappa shape index (κ2) is 9.34. The van der Waals surface area contributed by atoms with Gasteiger partial charge in [0.15, 0.2) is 0 Å². The van der Waals surface area contributed by atoms with Crippen molar-refractivity contribution in [3.63, 3.8) is 0 Å². The first kappa shape index (κ1) is 22.1. The summed E-state index contributed by atoms with van der Waals surface area (Å²) in [5.41, 5.74) is 0. The normalized spacial score (nSPS) is 17.7. The van der Waals surface area contributed by atoms with E-state index in [0.29, 0.717) is 0 Å². The lowest BCUT2D eigenvalue weighted by Gasteiger charge is -2.18. The van der Waals surface area contributed by atoms with Crippen molar-refractivity contribution in [2.75, 3.05) is 13.7 Å². The molecular weight excluding hydrogens is 410 g/mol. The lowest BCUT2D eigenvalue weighted by Crippen LogP contribution is -2.43. The maximum atomic E-state index is 12.8. The van der Waals surface area contributed by atoms with Crippen molar-refractivity contribution in [1.82, 2.24) is 10.4 Å². The summed E-state index contributed by atoms with van der Waals surface area (Å²) in [6, 6.07) is 5.99. The number of sulfone groups is 1. The number of hydrogen-bond donors (Lipinski definition) is 3. The van der Waals surface area contributed by atoms with E-state index < -0.39 is 45.5 Å². The van der Waals surface area contributed by atoms with Gasteiger partial charge in [0.1, 0.15) is 6.04 Å². The summed E-state index contributed by atoms with van der Waals surface area (Å²) >= 11 is 0. The molecule has 0 spiro atoms. The number of nitrogens with zero attached hydrogens (tertiary/aromatic N) is 2. The molecule has 1 unspecified atom stereocenters. The fourth-order valence-electron chi connectivity index (χ4n) is 2.40. The third-order valence-electron chi connectivity index (χ3n) is 3.76. The summed E-state index contributed by atoms with van der Waals surface area (Å²) < 4.78 is 30.9. The number of hydrogen-bond acceptors (Lipinski definition) is 9. The van der Waals surface area contributed by atoms with Crippen LogP contribution in [-0.4, -0.2) is 72.5 Å². The molecule has 0 saturated heterocycles. The van der Waals surface area contributed by atoms with Crippen molar-refractivity contribution >= 4 is 33.6 Å². The molecule has 0 aromatic heterocycles. The van der Waals surface area contributed by atoms with E-state index >= 15 is 0 Å². The van der Waals surface area contributed by atoms with Crippen molar-refractivity contribution < 1.29 is 42.7 Å². The molecule has 0 bridgehead atoms. The highest BCUT2D eigenvalue weighted by molar-refractivity contribution is 7.92. The van der Waals surface area contributed by atoms with Gasteiger partial charge >= 0.3 is 11.9 Å². The van der Waals surface area contributed by atoms with Crippen LogP contribution >= 0.6 is 0 Å². The minimum absolute atomic E-state index is 0.0226. The molecule has 158 valence electrons. The topological polar surface area (TPSA) is 172 Å². The highest BCUT2D eigenvalue weighted by atomic mass is 32.2. The summed E-state index contributed by atoms with van der Waals surface area (Å²) in [6.07, 6.45) is -1.14. The highest BCUT2D eigenvalue weighted by Gasteiger charge is 2.43. The number of ether oxygens (including phenoxy) is 1. The van der Waals surface area contributed by atoms with E-state index in [-0.39, 0.29) is 23.8 Å². The summed E-state index contributed by atoms with van der Waals surface area (Å²) in [5.74, 6) is -3.95. The van der Waals surface area contributed by atoms with E-state index in [1.54, 1.807) is 18.2 Å². The Bertz CT molecular complexity index is 901. The van der Waals surface area contributed by atoms with E-state index in [0.717, 1.165) is 5.06 Å². The van der Waals surface area contributed by atoms with Gasteiger partial charge in [0, 0.05) is 7.05 Å². The van der Waals surface area contributed by atoms with Crippen LogP contribution in [0.3, 0.4) is 0 Å². The SMILES string of the molecule is CN1ON=C(OCCC(=O)N[C@@H](CC(=O)O)C(=O)O)C1S(=O)(=O)c1ccccc1. The number of amides is 1. The summed E-state index contributed by atoms with van der Waals surface area (Å²) in [4.78, 5) is 38.3. The van der Waals surface area contributed by atoms with Crippen molar-refractivity contribution in [3.05, 3.63) is 30.3 Å². The molecule has 1 aromatic carbocycles. The summed E-state index contributed by atoms with van der Waals surface area (Å²) in [7, 11) is -2.58. The summed E-state index contributed by atoms with van der Waals surface area (Å²) in [5, 5.41) is 22.8. The molecule has 12 nitrogen and oxygen atoms in total. The molecule has 13 heteroatoms. The average Bonchev–Trinajstić information content (AvgIpc) is 3.02. The molecule has 1 heterocycles. The highest BCUT2D eigenvalue weighted by Crippen LogP contribution is 2.23. The first-order valence-corrected chi connectivity index (χ1v) is 9.81. The Labute approximate surface area is 165 Å². The molecule has 2 rings (SSSR count). The minimum atomic E-state index is -3.93. The fourth-order valence-corrected chi connectivity index (χ4v) is 4.00. The Morgan fingerprint density at radius 2 is 1.93 bits per heavy atom. The Hall–Kier alpha value is -3.19. The molecule has 0 radical (unpaired) electrons. The molecule has 1 aliphatic heterocycles. The van der Waals surface area contributed by atoms with Crippen LogP contribution in [0, 0.1) is 0 Å². The number of likely N-dealkylation sites (N-methyl/N-ethyl adjacent to an activating group) is 1. The Morgan fingerprint density at radius 1 is 1.28 bits per heavy atom. The maximum Gasteiger partial charge on any atom is 0.326 e. The van der Waals surface area contributed by atoms with Crippen molar-refractivity contribution in [2.24, 2.45) is 5.16 Å². The number of oxime groups is 1. The Balaban J connectivity index is 1.97. The Kier molecular flexibility index (Phi) is 7.12. The zero-order valence-corrected chi connectivity index (χ0v) is 16.0. The molecule has 0 saturated carbocycles. The molecular formula is C16H19N3O9S. The lowest BCUT2D eigenvalue weighted by molar-refractivity contribution is -0.147. The number of benzene rings is 1. The molecule has 29 heavy (non-hydrogen) atoms. The predicted octanol–water partition coefficient (Wildman–Crippen LogP) is -0.572. The van der Waals surface area contributed by atoms with Gasteiger partial charge in [-0.05, 0) is 17.3 Å². The third kappa shape index (κ3) is 5.65. The first-order valence-electron chi connectivity index (χ1n) is 8.26. The molecule has 1 aromatic rings. The monoisotopic (exact) mass is 429 g/mol. The van der Waals surface area contributed by atoms with Crippen LogP contribution in [0.4, 0.5) is 0 Å². The van der Waals surface area contributed by atoms with Crippen molar-refractivity contribution in [1.29, 1.82) is 0 Å². The van der Waals surface area contributed by atoms with Gasteiger partial charge in [-0.3, -0.25) is 14.5 Å². The van der Waals surface area contributed by atoms with E-state index in [1.807, 2.05) is 0 Å². The van der Waals surface area contributed by atoms with Gasteiger partial charge in [-0.25, -0.2) is 13.2 Å². The number of nitrogens with one attached hydrogen (secondary N) is 1. The zero-order valence-electron chi connectivity index (χ0n) is 15.2. The van der Waals surface area contributed by atoms with Crippen LogP contribution in [0.5, 0.6) is 0 Å². The number of hydroxylamine groups is 2. The van der Waals surface area contributed by atoms with Gasteiger partial charge in [-0.1, -0.05) is 23.3 Å². The summed E-state index contributed by atoms with van der Waals surface area (Å²) in [6.45, 7) is -0.331. The number of carboxylic acids is 2. The van der Waals surface area contributed by atoms with E-state index in [4.69, 9.17) is 19.9 Å². The fraction of sp³-hybridized carbons (Fsp3) is 0.375. The second-order valence-corrected chi connectivity index (χ2v) is 7.93. The largest absolute Gasteiger partial charge is 0.481 e. The van der Waals surface area contributed by atoms with Crippen molar-refractivity contribution in [2.45, 2.75) is 29.2 Å². The molecule has 1 amide bonds.